The van der Waals surface area contributed by atoms with Crippen molar-refractivity contribution in [2.24, 2.45) is 17.3 Å². The second-order valence-corrected chi connectivity index (χ2v) is 16.1. The van der Waals surface area contributed by atoms with Crippen molar-refractivity contribution in [1.82, 2.24) is 14.9 Å². The summed E-state index contributed by atoms with van der Waals surface area (Å²) in [4.78, 5) is 24.9. The first-order valence-corrected chi connectivity index (χ1v) is 18.4. The lowest BCUT2D eigenvalue weighted by Gasteiger charge is -2.37. The SMILES string of the molecule is CNC(=O)OCCCCC(C)(C)CN(CC(O)C(Cc1ccccc1)NC(=O)OC1C2COC3OC1CC3C2)S(=O)(=O)c1ccc(N)cc1. The molecule has 2 aromatic carbocycles. The van der Waals surface area contributed by atoms with Gasteiger partial charge in [-0.15, -0.1) is 0 Å². The molecule has 0 aromatic heterocycles. The number of nitrogen functional groups attached to an aromatic ring is 1. The van der Waals surface area contributed by atoms with Crippen LogP contribution < -0.4 is 16.4 Å². The molecule has 0 spiro atoms. The molecule has 7 unspecified atom stereocenters. The van der Waals surface area contributed by atoms with Crippen LogP contribution in [0.4, 0.5) is 15.3 Å². The number of nitrogens with zero attached hydrogens (tertiary/aromatic N) is 1. The lowest BCUT2D eigenvalue weighted by Crippen LogP contribution is -2.53. The summed E-state index contributed by atoms with van der Waals surface area (Å²) >= 11 is 0. The summed E-state index contributed by atoms with van der Waals surface area (Å²) in [5.74, 6) is 0.345. The Balaban J connectivity index is 1.32. The van der Waals surface area contributed by atoms with Crippen molar-refractivity contribution in [2.75, 3.05) is 39.1 Å². The summed E-state index contributed by atoms with van der Waals surface area (Å²) < 4.78 is 52.4. The van der Waals surface area contributed by atoms with Gasteiger partial charge in [0.25, 0.3) is 0 Å². The lowest BCUT2D eigenvalue weighted by molar-refractivity contribution is -0.153. The van der Waals surface area contributed by atoms with Crippen molar-refractivity contribution < 1.29 is 42.1 Å². The molecule has 2 amide bonds. The van der Waals surface area contributed by atoms with Gasteiger partial charge in [-0.2, -0.15) is 4.31 Å². The van der Waals surface area contributed by atoms with E-state index >= 15 is 0 Å². The molecule has 13 nitrogen and oxygen atoms in total. The number of ether oxygens (including phenoxy) is 4. The molecule has 49 heavy (non-hydrogen) atoms. The summed E-state index contributed by atoms with van der Waals surface area (Å²) in [5.41, 5.74) is 6.61. The second-order valence-electron chi connectivity index (χ2n) is 14.1. The summed E-state index contributed by atoms with van der Waals surface area (Å²) in [6.45, 7) is 4.41. The van der Waals surface area contributed by atoms with E-state index in [4.69, 9.17) is 24.7 Å². The van der Waals surface area contributed by atoms with E-state index in [9.17, 15) is 23.1 Å². The fourth-order valence-corrected chi connectivity index (χ4v) is 8.70. The molecule has 5 rings (SSSR count). The number of alkyl carbamates (subject to hydrolysis) is 2. The van der Waals surface area contributed by atoms with Gasteiger partial charge in [0.1, 0.15) is 6.10 Å². The van der Waals surface area contributed by atoms with Crippen molar-refractivity contribution >= 4 is 27.9 Å². The number of fused-ring (bicyclic) bond motifs is 2. The molecule has 2 aromatic rings. The number of nitrogens with one attached hydrogen (secondary N) is 2. The molecule has 3 fully saturated rings. The van der Waals surface area contributed by atoms with Crippen molar-refractivity contribution in [2.45, 2.75) is 87.9 Å². The Morgan fingerprint density at radius 2 is 1.80 bits per heavy atom. The Kier molecular flexibility index (Phi) is 12.1. The smallest absolute Gasteiger partial charge is 0.407 e. The summed E-state index contributed by atoms with van der Waals surface area (Å²) in [6.07, 6.45) is 0.334. The molecule has 7 atom stereocenters. The number of unbranched alkanes of at least 4 members (excludes halogenated alkanes) is 1. The Labute approximate surface area is 288 Å². The predicted octanol–water partition coefficient (Wildman–Crippen LogP) is 3.66. The molecular formula is C35H50N4O9S. The molecule has 0 radical (unpaired) electrons. The van der Waals surface area contributed by atoms with E-state index in [-0.39, 0.29) is 49.3 Å². The van der Waals surface area contributed by atoms with Crippen molar-refractivity contribution in [3.05, 3.63) is 60.2 Å². The first-order chi connectivity index (χ1) is 23.3. The number of benzene rings is 2. The number of nitrogens with two attached hydrogens (primary N) is 1. The highest BCUT2D eigenvalue weighted by molar-refractivity contribution is 7.89. The maximum atomic E-state index is 14.1. The third-order valence-electron chi connectivity index (χ3n) is 9.65. The molecule has 1 aliphatic carbocycles. The maximum absolute atomic E-state index is 14.1. The Morgan fingerprint density at radius 3 is 2.51 bits per heavy atom. The van der Waals surface area contributed by atoms with Crippen molar-refractivity contribution in [3.8, 4) is 0 Å². The van der Waals surface area contributed by atoms with Gasteiger partial charge in [0.05, 0.1) is 36.4 Å². The van der Waals surface area contributed by atoms with Crippen LogP contribution in [-0.4, -0.2) is 94.0 Å². The van der Waals surface area contributed by atoms with E-state index in [2.05, 4.69) is 10.6 Å². The number of sulfonamides is 1. The predicted molar refractivity (Wildman–Crippen MR) is 182 cm³/mol. The number of amides is 2. The van der Waals surface area contributed by atoms with E-state index in [1.165, 1.54) is 35.6 Å². The van der Waals surface area contributed by atoms with E-state index in [1.54, 1.807) is 0 Å². The number of aliphatic hydroxyl groups is 1. The second kappa shape index (κ2) is 16.1. The van der Waals surface area contributed by atoms with Gasteiger partial charge in [0, 0.05) is 37.7 Å². The van der Waals surface area contributed by atoms with E-state index in [0.29, 0.717) is 37.5 Å². The maximum Gasteiger partial charge on any atom is 0.407 e. The molecule has 14 heteroatoms. The third kappa shape index (κ3) is 9.63. The number of aliphatic hydroxyl groups excluding tert-OH is 1. The molecular weight excluding hydrogens is 652 g/mol. The van der Waals surface area contributed by atoms with Gasteiger partial charge >= 0.3 is 12.2 Å². The average molecular weight is 703 g/mol. The highest BCUT2D eigenvalue weighted by atomic mass is 32.2. The van der Waals surface area contributed by atoms with Crippen LogP contribution in [0.3, 0.4) is 0 Å². The molecule has 2 aliphatic heterocycles. The van der Waals surface area contributed by atoms with Gasteiger partial charge in [-0.25, -0.2) is 18.0 Å². The van der Waals surface area contributed by atoms with Crippen LogP contribution in [-0.2, 0) is 35.4 Å². The summed E-state index contributed by atoms with van der Waals surface area (Å²) in [6, 6.07) is 14.4. The van der Waals surface area contributed by atoms with Crippen LogP contribution in [0.25, 0.3) is 0 Å². The zero-order chi connectivity index (χ0) is 35.2. The fraction of sp³-hybridized carbons (Fsp3) is 0.600. The number of anilines is 1. The Hall–Kier alpha value is -3.43. The number of hydrogen-bond acceptors (Lipinski definition) is 10. The first-order valence-electron chi connectivity index (χ1n) is 17.0. The van der Waals surface area contributed by atoms with Crippen molar-refractivity contribution in [1.29, 1.82) is 0 Å². The highest BCUT2D eigenvalue weighted by Crippen LogP contribution is 2.46. The average Bonchev–Trinajstić information content (AvgIpc) is 3.37. The van der Waals surface area contributed by atoms with Crippen LogP contribution in [0.2, 0.25) is 0 Å². The van der Waals surface area contributed by atoms with Crippen LogP contribution in [0.5, 0.6) is 0 Å². The van der Waals surface area contributed by atoms with Crippen LogP contribution in [0, 0.1) is 17.3 Å². The fourth-order valence-electron chi connectivity index (χ4n) is 7.05. The lowest BCUT2D eigenvalue weighted by atomic mass is 9.78. The minimum absolute atomic E-state index is 0.0314. The third-order valence-corrected chi connectivity index (χ3v) is 11.5. The van der Waals surface area contributed by atoms with Gasteiger partial charge in [0.2, 0.25) is 10.0 Å². The van der Waals surface area contributed by atoms with E-state index in [0.717, 1.165) is 18.4 Å². The van der Waals surface area contributed by atoms with Gasteiger partial charge in [-0.3, -0.25) is 0 Å². The van der Waals surface area contributed by atoms with E-state index in [1.807, 2.05) is 44.2 Å². The quantitative estimate of drug-likeness (QED) is 0.149. The largest absolute Gasteiger partial charge is 0.450 e. The van der Waals surface area contributed by atoms with Gasteiger partial charge in [0.15, 0.2) is 6.29 Å². The molecule has 3 bridgehead atoms. The molecule has 2 heterocycles. The highest BCUT2D eigenvalue weighted by Gasteiger charge is 2.53. The monoisotopic (exact) mass is 702 g/mol. The van der Waals surface area contributed by atoms with Crippen LogP contribution in [0.15, 0.2) is 59.5 Å². The standard InChI is InChI=1S/C35H50N4O9S/c1-35(2,15-7-8-16-45-33(41)37-3)22-39(49(43,44)27-13-11-26(36)12-14-27)20-29(40)28(17-23-9-5-4-6-10-23)38-34(42)48-31-25-18-24-19-30(31)47-32(24)46-21-25/h4-6,9-14,24-25,28-32,40H,7-8,15-22,36H2,1-3H3,(H,37,41)(H,38,42). The topological polar surface area (TPSA) is 179 Å². The zero-order valence-corrected chi connectivity index (χ0v) is 29.3. The van der Waals surface area contributed by atoms with Gasteiger partial charge in [-0.05, 0) is 73.8 Å². The Bertz CT molecular complexity index is 1500. The van der Waals surface area contributed by atoms with Crippen LogP contribution in [0.1, 0.15) is 51.5 Å². The Morgan fingerprint density at radius 1 is 1.06 bits per heavy atom. The molecule has 2 saturated heterocycles. The zero-order valence-electron chi connectivity index (χ0n) is 28.5. The molecule has 3 aliphatic rings. The summed E-state index contributed by atoms with van der Waals surface area (Å²) in [7, 11) is -2.61. The van der Waals surface area contributed by atoms with Crippen molar-refractivity contribution in [3.63, 3.8) is 0 Å². The van der Waals surface area contributed by atoms with E-state index < -0.39 is 45.9 Å². The first kappa shape index (κ1) is 36.8. The van der Waals surface area contributed by atoms with Gasteiger partial charge < -0.3 is 40.4 Å². The molecule has 270 valence electrons. The minimum atomic E-state index is -4.10. The molecule has 1 saturated carbocycles. The summed E-state index contributed by atoms with van der Waals surface area (Å²) in [5, 5.41) is 17.1. The number of carbonyl (C=O) groups excluding carboxylic acids is 2. The normalized spacial score (nSPS) is 24.3. The number of carbonyl (C=O) groups is 2. The number of hydrogen-bond donors (Lipinski definition) is 4. The molecule has 5 N–H and O–H groups in total. The van der Waals surface area contributed by atoms with Crippen LogP contribution >= 0.6 is 0 Å². The number of rotatable bonds is 16. The minimum Gasteiger partial charge on any atom is -0.450 e. The van der Waals surface area contributed by atoms with Gasteiger partial charge in [-0.1, -0.05) is 44.2 Å².